The Morgan fingerprint density at radius 2 is 1.42 bits per heavy atom. The van der Waals surface area contributed by atoms with Gasteiger partial charge in [0, 0.05) is 17.7 Å². The van der Waals surface area contributed by atoms with Crippen molar-refractivity contribution >= 4 is 17.5 Å². The number of hydrogen-bond donors (Lipinski definition) is 2. The zero-order valence-electron chi connectivity index (χ0n) is 18.9. The number of anilines is 1. The van der Waals surface area contributed by atoms with Crippen molar-refractivity contribution in [3.8, 4) is 17.2 Å². The van der Waals surface area contributed by atoms with Crippen LogP contribution in [0.1, 0.15) is 63.0 Å². The lowest BCUT2D eigenvalue weighted by Gasteiger charge is -2.19. The van der Waals surface area contributed by atoms with E-state index in [4.69, 9.17) is 14.2 Å². The fourth-order valence-corrected chi connectivity index (χ4v) is 2.99. The summed E-state index contributed by atoms with van der Waals surface area (Å²) in [7, 11) is 0. The number of hydrogen-bond acceptors (Lipinski definition) is 5. The molecule has 2 N–H and O–H groups in total. The Morgan fingerprint density at radius 3 is 1.90 bits per heavy atom. The largest absolute Gasteiger partial charge is 0.490 e. The van der Waals surface area contributed by atoms with Gasteiger partial charge in [0.1, 0.15) is 0 Å². The Hall–Kier alpha value is -3.22. The van der Waals surface area contributed by atoms with Crippen molar-refractivity contribution in [2.75, 3.05) is 25.1 Å². The molecule has 2 rings (SSSR count). The minimum Gasteiger partial charge on any atom is -0.490 e. The van der Waals surface area contributed by atoms with Crippen molar-refractivity contribution in [3.63, 3.8) is 0 Å². The van der Waals surface area contributed by atoms with Crippen LogP contribution in [0.4, 0.5) is 5.69 Å². The molecule has 0 heterocycles. The van der Waals surface area contributed by atoms with Crippen molar-refractivity contribution in [3.05, 3.63) is 47.5 Å². The highest BCUT2D eigenvalue weighted by Gasteiger charge is 2.19. The molecule has 2 amide bonds. The van der Waals surface area contributed by atoms with Crippen molar-refractivity contribution in [1.82, 2.24) is 5.32 Å². The maximum Gasteiger partial charge on any atom is 0.252 e. The van der Waals surface area contributed by atoms with E-state index in [2.05, 4.69) is 10.6 Å². The number of benzene rings is 2. The minimum absolute atomic E-state index is 0.0418. The van der Waals surface area contributed by atoms with E-state index < -0.39 is 0 Å². The van der Waals surface area contributed by atoms with Crippen LogP contribution in [0.25, 0.3) is 0 Å². The molecule has 0 aliphatic rings. The van der Waals surface area contributed by atoms with E-state index in [0.29, 0.717) is 49.1 Å². The summed E-state index contributed by atoms with van der Waals surface area (Å²) in [5, 5.41) is 5.81. The van der Waals surface area contributed by atoms with Gasteiger partial charge in [-0.05, 0) is 57.5 Å². The molecule has 0 saturated heterocycles. The van der Waals surface area contributed by atoms with Crippen molar-refractivity contribution < 1.29 is 23.8 Å². The number of nitrogens with one attached hydrogen (secondary N) is 2. The zero-order chi connectivity index (χ0) is 22.8. The van der Waals surface area contributed by atoms with Gasteiger partial charge in [-0.1, -0.05) is 19.1 Å². The van der Waals surface area contributed by atoms with Crippen LogP contribution in [0.3, 0.4) is 0 Å². The SMILES string of the molecule is CCOc1cc(C(=O)NC(C)c2ccc(NC(=O)CC)cc2)cc(OCC)c1OCC. The molecule has 31 heavy (non-hydrogen) atoms. The van der Waals surface area contributed by atoms with Crippen molar-refractivity contribution in [2.24, 2.45) is 0 Å². The maximum atomic E-state index is 12.9. The minimum atomic E-state index is -0.249. The van der Waals surface area contributed by atoms with E-state index in [1.54, 1.807) is 19.1 Å². The van der Waals surface area contributed by atoms with Crippen LogP contribution >= 0.6 is 0 Å². The van der Waals surface area contributed by atoms with Gasteiger partial charge in [-0.3, -0.25) is 9.59 Å². The number of ether oxygens (including phenoxy) is 3. The van der Waals surface area contributed by atoms with Crippen LogP contribution in [0.2, 0.25) is 0 Å². The van der Waals surface area contributed by atoms with Crippen LogP contribution in [-0.4, -0.2) is 31.6 Å². The average Bonchev–Trinajstić information content (AvgIpc) is 2.76. The Morgan fingerprint density at radius 1 is 0.871 bits per heavy atom. The van der Waals surface area contributed by atoms with Crippen LogP contribution in [0, 0.1) is 0 Å². The summed E-state index contributed by atoms with van der Waals surface area (Å²) < 4.78 is 17.1. The second-order valence-electron chi connectivity index (χ2n) is 6.82. The second kappa shape index (κ2) is 11.8. The van der Waals surface area contributed by atoms with Gasteiger partial charge in [-0.2, -0.15) is 0 Å². The van der Waals surface area contributed by atoms with Gasteiger partial charge in [0.2, 0.25) is 11.7 Å². The molecule has 2 aromatic rings. The van der Waals surface area contributed by atoms with E-state index in [1.807, 2.05) is 52.0 Å². The lowest BCUT2D eigenvalue weighted by molar-refractivity contribution is -0.115. The first kappa shape index (κ1) is 24.1. The number of amides is 2. The predicted molar refractivity (Wildman–Crippen MR) is 121 cm³/mol. The van der Waals surface area contributed by atoms with Gasteiger partial charge in [-0.15, -0.1) is 0 Å². The fourth-order valence-electron chi connectivity index (χ4n) is 2.99. The highest BCUT2D eigenvalue weighted by atomic mass is 16.5. The molecule has 0 fully saturated rings. The topological polar surface area (TPSA) is 85.9 Å². The third-order valence-corrected chi connectivity index (χ3v) is 4.53. The molecule has 0 bridgehead atoms. The summed E-state index contributed by atoms with van der Waals surface area (Å²) >= 11 is 0. The van der Waals surface area contributed by atoms with E-state index in [-0.39, 0.29) is 17.9 Å². The van der Waals surface area contributed by atoms with Gasteiger partial charge in [0.05, 0.1) is 25.9 Å². The van der Waals surface area contributed by atoms with Crippen LogP contribution in [-0.2, 0) is 4.79 Å². The molecule has 7 heteroatoms. The summed E-state index contributed by atoms with van der Waals surface area (Å²) in [5.74, 6) is 1.16. The van der Waals surface area contributed by atoms with E-state index in [9.17, 15) is 9.59 Å². The molecule has 0 aliphatic carbocycles. The number of carbonyl (C=O) groups excluding carboxylic acids is 2. The fraction of sp³-hybridized carbons (Fsp3) is 0.417. The zero-order valence-corrected chi connectivity index (χ0v) is 18.9. The third-order valence-electron chi connectivity index (χ3n) is 4.53. The van der Waals surface area contributed by atoms with Crippen molar-refractivity contribution in [1.29, 1.82) is 0 Å². The van der Waals surface area contributed by atoms with E-state index in [1.165, 1.54) is 0 Å². The molecular weight excluding hydrogens is 396 g/mol. The summed E-state index contributed by atoms with van der Waals surface area (Å²) in [6.45, 7) is 10.7. The van der Waals surface area contributed by atoms with Crippen LogP contribution in [0.15, 0.2) is 36.4 Å². The molecule has 0 aliphatic heterocycles. The number of carbonyl (C=O) groups is 2. The molecule has 168 valence electrons. The molecule has 1 atom stereocenters. The molecular formula is C24H32N2O5. The van der Waals surface area contributed by atoms with Gasteiger partial charge < -0.3 is 24.8 Å². The van der Waals surface area contributed by atoms with Gasteiger partial charge in [0.15, 0.2) is 11.5 Å². The maximum absolute atomic E-state index is 12.9. The molecule has 0 spiro atoms. The highest BCUT2D eigenvalue weighted by Crippen LogP contribution is 2.39. The first-order valence-corrected chi connectivity index (χ1v) is 10.7. The first-order valence-electron chi connectivity index (χ1n) is 10.7. The smallest absolute Gasteiger partial charge is 0.252 e. The van der Waals surface area contributed by atoms with Crippen LogP contribution < -0.4 is 24.8 Å². The van der Waals surface area contributed by atoms with Crippen molar-refractivity contribution in [2.45, 2.75) is 47.1 Å². The Kier molecular flexibility index (Phi) is 9.18. The molecule has 1 unspecified atom stereocenters. The number of rotatable bonds is 11. The van der Waals surface area contributed by atoms with Crippen LogP contribution in [0.5, 0.6) is 17.2 Å². The lowest BCUT2D eigenvalue weighted by Crippen LogP contribution is -2.26. The molecule has 0 radical (unpaired) electrons. The highest BCUT2D eigenvalue weighted by molar-refractivity contribution is 5.96. The predicted octanol–water partition coefficient (Wildman–Crippen LogP) is 4.72. The third kappa shape index (κ3) is 6.64. The summed E-state index contributed by atoms with van der Waals surface area (Å²) in [5.41, 5.74) is 2.07. The normalized spacial score (nSPS) is 11.4. The van der Waals surface area contributed by atoms with Gasteiger partial charge in [-0.25, -0.2) is 0 Å². The molecule has 0 saturated carbocycles. The first-order chi connectivity index (χ1) is 14.9. The molecule has 0 aromatic heterocycles. The lowest BCUT2D eigenvalue weighted by atomic mass is 10.1. The summed E-state index contributed by atoms with van der Waals surface area (Å²) in [6.07, 6.45) is 0.420. The molecule has 2 aromatic carbocycles. The Balaban J connectivity index is 2.20. The van der Waals surface area contributed by atoms with Gasteiger partial charge >= 0.3 is 0 Å². The van der Waals surface area contributed by atoms with E-state index >= 15 is 0 Å². The summed E-state index contributed by atoms with van der Waals surface area (Å²) in [6, 6.07) is 10.5. The standard InChI is InChI=1S/C24H32N2O5/c1-6-22(27)26-19-12-10-17(11-13-19)16(5)25-24(28)18-14-20(29-7-2)23(31-9-4)21(15-18)30-8-3/h10-16H,6-9H2,1-5H3,(H,25,28)(H,26,27). The van der Waals surface area contributed by atoms with Gasteiger partial charge in [0.25, 0.3) is 5.91 Å². The average molecular weight is 429 g/mol. The monoisotopic (exact) mass is 428 g/mol. The molecule has 7 nitrogen and oxygen atoms in total. The summed E-state index contributed by atoms with van der Waals surface area (Å²) in [4.78, 5) is 24.5. The Labute approximate surface area is 184 Å². The Bertz CT molecular complexity index is 853. The quantitative estimate of drug-likeness (QED) is 0.541. The second-order valence-corrected chi connectivity index (χ2v) is 6.82. The van der Waals surface area contributed by atoms with E-state index in [0.717, 1.165) is 11.3 Å².